The predicted molar refractivity (Wildman–Crippen MR) is 109 cm³/mol. The smallest absolute Gasteiger partial charge is 0.253 e. The van der Waals surface area contributed by atoms with Crippen LogP contribution in [0.3, 0.4) is 0 Å². The first-order valence-electron chi connectivity index (χ1n) is 10.4. The van der Waals surface area contributed by atoms with Crippen LogP contribution in [0.5, 0.6) is 0 Å². The Balaban J connectivity index is 1.33. The van der Waals surface area contributed by atoms with Crippen LogP contribution in [-0.4, -0.2) is 54.7 Å². The summed E-state index contributed by atoms with van der Waals surface area (Å²) in [6.07, 6.45) is 8.11. The number of amides is 1. The Bertz CT molecular complexity index is 840. The number of likely N-dealkylation sites (tertiary alicyclic amines) is 1. The number of carbonyl (C=O) groups excluding carboxylic acids is 1. The number of benzene rings is 1. The van der Waals surface area contributed by atoms with Crippen LogP contribution in [0.4, 0.5) is 5.69 Å². The normalized spacial score (nSPS) is 23.2. The number of carbonyl (C=O) groups is 1. The highest BCUT2D eigenvalue weighted by Crippen LogP contribution is 2.47. The number of anilines is 1. The van der Waals surface area contributed by atoms with E-state index in [0.717, 1.165) is 51.2 Å². The molecule has 0 bridgehead atoms. The molecule has 5 rings (SSSR count). The highest BCUT2D eigenvalue weighted by Gasteiger charge is 2.45. The lowest BCUT2D eigenvalue weighted by atomic mass is 9.74. The highest BCUT2D eigenvalue weighted by molar-refractivity contribution is 5.94. The van der Waals surface area contributed by atoms with Crippen molar-refractivity contribution in [1.29, 1.82) is 0 Å². The summed E-state index contributed by atoms with van der Waals surface area (Å²) in [5.41, 5.74) is 3.72. The molecule has 2 fully saturated rings. The van der Waals surface area contributed by atoms with Crippen molar-refractivity contribution in [2.75, 3.05) is 37.7 Å². The Morgan fingerprint density at radius 1 is 1.14 bits per heavy atom. The van der Waals surface area contributed by atoms with E-state index in [1.165, 1.54) is 24.1 Å². The molecule has 1 aromatic heterocycles. The van der Waals surface area contributed by atoms with Gasteiger partial charge in [0.05, 0.1) is 6.10 Å². The summed E-state index contributed by atoms with van der Waals surface area (Å²) in [6.45, 7) is 4.55. The number of para-hydroxylation sites is 1. The second-order valence-electron chi connectivity index (χ2n) is 8.34. The predicted octanol–water partition coefficient (Wildman–Crippen LogP) is 3.25. The van der Waals surface area contributed by atoms with Gasteiger partial charge in [-0.3, -0.25) is 9.78 Å². The van der Waals surface area contributed by atoms with Gasteiger partial charge in [0.25, 0.3) is 5.91 Å². The topological polar surface area (TPSA) is 45.7 Å². The fourth-order valence-corrected chi connectivity index (χ4v) is 5.17. The molecule has 3 aliphatic rings. The molecule has 1 spiro atoms. The SMILES string of the molecule is O=C(c1ccncc1)N1CCC2(CC1)CN(CC1CCCO1)c1ccccc12. The Morgan fingerprint density at radius 3 is 2.68 bits per heavy atom. The number of piperidine rings is 1. The summed E-state index contributed by atoms with van der Waals surface area (Å²) in [6, 6.07) is 12.5. The zero-order chi connectivity index (χ0) is 19.0. The monoisotopic (exact) mass is 377 g/mol. The van der Waals surface area contributed by atoms with Gasteiger partial charge < -0.3 is 14.5 Å². The molecule has 2 aromatic rings. The molecule has 0 N–H and O–H groups in total. The third-order valence-electron chi connectivity index (χ3n) is 6.69. The number of rotatable bonds is 3. The number of pyridine rings is 1. The molecule has 1 unspecified atom stereocenters. The summed E-state index contributed by atoms with van der Waals surface area (Å²) in [5.74, 6) is 0.125. The van der Waals surface area contributed by atoms with Crippen molar-refractivity contribution < 1.29 is 9.53 Å². The zero-order valence-electron chi connectivity index (χ0n) is 16.2. The standard InChI is InChI=1S/C23H27N3O2/c27-22(18-7-11-24-12-8-18)25-13-9-23(10-14-25)17-26(16-19-4-3-15-28-19)21-6-2-1-5-20(21)23/h1-2,5-8,11-12,19H,3-4,9-10,13-17H2. The fourth-order valence-electron chi connectivity index (χ4n) is 5.17. The molecule has 0 radical (unpaired) electrons. The van der Waals surface area contributed by atoms with Crippen LogP contribution in [0.2, 0.25) is 0 Å². The van der Waals surface area contributed by atoms with Gasteiger partial charge in [0, 0.05) is 61.8 Å². The quantitative estimate of drug-likeness (QED) is 0.824. The van der Waals surface area contributed by atoms with Crippen molar-refractivity contribution in [2.24, 2.45) is 0 Å². The van der Waals surface area contributed by atoms with Crippen molar-refractivity contribution in [3.63, 3.8) is 0 Å². The first-order valence-corrected chi connectivity index (χ1v) is 10.4. The third-order valence-corrected chi connectivity index (χ3v) is 6.69. The molecule has 4 heterocycles. The van der Waals surface area contributed by atoms with Crippen LogP contribution in [-0.2, 0) is 10.2 Å². The molecule has 2 saturated heterocycles. The van der Waals surface area contributed by atoms with Crippen LogP contribution in [0.1, 0.15) is 41.6 Å². The van der Waals surface area contributed by atoms with Crippen molar-refractivity contribution in [1.82, 2.24) is 9.88 Å². The van der Waals surface area contributed by atoms with Gasteiger partial charge in [-0.15, -0.1) is 0 Å². The van der Waals surface area contributed by atoms with Gasteiger partial charge in [-0.05, 0) is 49.4 Å². The van der Waals surface area contributed by atoms with E-state index in [9.17, 15) is 4.79 Å². The fraction of sp³-hybridized carbons (Fsp3) is 0.478. The Hall–Kier alpha value is -2.40. The minimum absolute atomic E-state index is 0.125. The van der Waals surface area contributed by atoms with Gasteiger partial charge >= 0.3 is 0 Å². The first kappa shape index (κ1) is 17.7. The van der Waals surface area contributed by atoms with E-state index in [-0.39, 0.29) is 11.3 Å². The van der Waals surface area contributed by atoms with Crippen LogP contribution in [0, 0.1) is 0 Å². The highest BCUT2D eigenvalue weighted by atomic mass is 16.5. The molecular weight excluding hydrogens is 350 g/mol. The summed E-state index contributed by atoms with van der Waals surface area (Å²) < 4.78 is 5.90. The summed E-state index contributed by atoms with van der Waals surface area (Å²) in [5, 5.41) is 0. The average Bonchev–Trinajstić information content (AvgIpc) is 3.37. The van der Waals surface area contributed by atoms with E-state index in [4.69, 9.17) is 4.74 Å². The Morgan fingerprint density at radius 2 is 1.93 bits per heavy atom. The number of ether oxygens (including phenoxy) is 1. The van der Waals surface area contributed by atoms with E-state index in [1.54, 1.807) is 24.5 Å². The first-order chi connectivity index (χ1) is 13.8. The third kappa shape index (κ3) is 3.08. The molecule has 146 valence electrons. The number of fused-ring (bicyclic) bond motifs is 2. The molecule has 5 heteroatoms. The molecule has 0 aliphatic carbocycles. The van der Waals surface area contributed by atoms with Gasteiger partial charge in [0.2, 0.25) is 0 Å². The van der Waals surface area contributed by atoms with E-state index < -0.39 is 0 Å². The van der Waals surface area contributed by atoms with Crippen molar-refractivity contribution >= 4 is 11.6 Å². The van der Waals surface area contributed by atoms with Crippen molar-refractivity contribution in [3.8, 4) is 0 Å². The van der Waals surface area contributed by atoms with Crippen LogP contribution in [0.25, 0.3) is 0 Å². The van der Waals surface area contributed by atoms with Gasteiger partial charge in [0.1, 0.15) is 0 Å². The Labute approximate surface area is 166 Å². The molecule has 1 amide bonds. The maximum atomic E-state index is 12.8. The van der Waals surface area contributed by atoms with E-state index in [2.05, 4.69) is 34.1 Å². The minimum Gasteiger partial charge on any atom is -0.376 e. The lowest BCUT2D eigenvalue weighted by Crippen LogP contribution is -2.47. The maximum Gasteiger partial charge on any atom is 0.253 e. The van der Waals surface area contributed by atoms with Gasteiger partial charge in [-0.25, -0.2) is 0 Å². The molecule has 28 heavy (non-hydrogen) atoms. The van der Waals surface area contributed by atoms with Crippen molar-refractivity contribution in [2.45, 2.75) is 37.2 Å². The number of nitrogens with zero attached hydrogens (tertiary/aromatic N) is 3. The van der Waals surface area contributed by atoms with Crippen LogP contribution in [0.15, 0.2) is 48.8 Å². The van der Waals surface area contributed by atoms with Gasteiger partial charge in [-0.2, -0.15) is 0 Å². The van der Waals surface area contributed by atoms with Crippen LogP contribution >= 0.6 is 0 Å². The second kappa shape index (κ2) is 7.21. The van der Waals surface area contributed by atoms with E-state index in [1.807, 2.05) is 4.90 Å². The molecule has 3 aliphatic heterocycles. The number of hydrogen-bond donors (Lipinski definition) is 0. The number of aromatic nitrogens is 1. The summed E-state index contributed by atoms with van der Waals surface area (Å²) in [4.78, 5) is 21.4. The molecule has 1 atom stereocenters. The molecular formula is C23H27N3O2. The number of hydrogen-bond acceptors (Lipinski definition) is 4. The Kier molecular flexibility index (Phi) is 4.55. The van der Waals surface area contributed by atoms with E-state index >= 15 is 0 Å². The molecule has 1 aromatic carbocycles. The van der Waals surface area contributed by atoms with E-state index in [0.29, 0.717) is 6.10 Å². The lowest BCUT2D eigenvalue weighted by molar-refractivity contribution is 0.0672. The minimum atomic E-state index is 0.125. The van der Waals surface area contributed by atoms with Gasteiger partial charge in [0.15, 0.2) is 0 Å². The molecule has 5 nitrogen and oxygen atoms in total. The van der Waals surface area contributed by atoms with Crippen molar-refractivity contribution in [3.05, 3.63) is 59.9 Å². The van der Waals surface area contributed by atoms with Crippen LogP contribution < -0.4 is 4.90 Å². The molecule has 0 saturated carbocycles. The average molecular weight is 377 g/mol. The lowest BCUT2D eigenvalue weighted by Gasteiger charge is -2.40. The second-order valence-corrected chi connectivity index (χ2v) is 8.34. The zero-order valence-corrected chi connectivity index (χ0v) is 16.2. The summed E-state index contributed by atoms with van der Waals surface area (Å²) in [7, 11) is 0. The summed E-state index contributed by atoms with van der Waals surface area (Å²) >= 11 is 0. The van der Waals surface area contributed by atoms with Gasteiger partial charge in [-0.1, -0.05) is 18.2 Å². The largest absolute Gasteiger partial charge is 0.376 e. The maximum absolute atomic E-state index is 12.8.